The van der Waals surface area contributed by atoms with Crippen LogP contribution in [0.4, 0.5) is 11.4 Å². The monoisotopic (exact) mass is 386 g/mol. The predicted octanol–water partition coefficient (Wildman–Crippen LogP) is 4.54. The Kier molecular flexibility index (Phi) is 4.60. The van der Waals surface area contributed by atoms with Crippen molar-refractivity contribution < 1.29 is 14.5 Å². The highest BCUT2D eigenvalue weighted by molar-refractivity contribution is 6.39. The van der Waals surface area contributed by atoms with E-state index in [-0.39, 0.29) is 11.6 Å². The van der Waals surface area contributed by atoms with Gasteiger partial charge in [0.05, 0.1) is 28.9 Å². The zero-order chi connectivity index (χ0) is 20.5. The van der Waals surface area contributed by atoms with E-state index < -0.39 is 4.92 Å². The molecule has 0 aliphatic carbocycles. The van der Waals surface area contributed by atoms with Crippen molar-refractivity contribution in [2.45, 2.75) is 0 Å². The number of para-hydroxylation sites is 1. The first-order valence-electron chi connectivity index (χ1n) is 9.03. The Morgan fingerprint density at radius 3 is 2.38 bits per heavy atom. The van der Waals surface area contributed by atoms with E-state index in [0.29, 0.717) is 28.0 Å². The molecule has 3 aromatic carbocycles. The number of carbonyl (C=O) groups is 1. The van der Waals surface area contributed by atoms with Crippen LogP contribution in [0.5, 0.6) is 5.75 Å². The van der Waals surface area contributed by atoms with Crippen molar-refractivity contribution in [1.29, 1.82) is 0 Å². The summed E-state index contributed by atoms with van der Waals surface area (Å²) in [5.74, 6) is 0.393. The van der Waals surface area contributed by atoms with Crippen LogP contribution in [0.1, 0.15) is 16.7 Å². The highest BCUT2D eigenvalue weighted by Gasteiger charge is 2.35. The van der Waals surface area contributed by atoms with E-state index in [1.807, 2.05) is 36.4 Å². The number of rotatable bonds is 4. The molecule has 0 bridgehead atoms. The molecule has 0 spiro atoms. The topological polar surface area (TPSA) is 72.7 Å². The van der Waals surface area contributed by atoms with Crippen LogP contribution in [0.25, 0.3) is 11.1 Å². The van der Waals surface area contributed by atoms with Crippen LogP contribution in [0.15, 0.2) is 72.8 Å². The molecule has 0 atom stereocenters. The average Bonchev–Trinajstić information content (AvgIpc) is 2.99. The van der Waals surface area contributed by atoms with E-state index in [1.165, 1.54) is 6.07 Å². The fourth-order valence-corrected chi connectivity index (χ4v) is 3.65. The van der Waals surface area contributed by atoms with Crippen molar-refractivity contribution in [2.24, 2.45) is 0 Å². The molecule has 1 aliphatic rings. The maximum atomic E-state index is 13.3. The fourth-order valence-electron chi connectivity index (χ4n) is 3.65. The summed E-state index contributed by atoms with van der Waals surface area (Å²) >= 11 is 0. The summed E-state index contributed by atoms with van der Waals surface area (Å²) in [6.07, 6.45) is 0. The van der Waals surface area contributed by atoms with Crippen molar-refractivity contribution in [3.05, 3.63) is 99.6 Å². The van der Waals surface area contributed by atoms with Crippen LogP contribution < -0.4 is 9.64 Å². The molecule has 1 heterocycles. The number of anilines is 1. The van der Waals surface area contributed by atoms with Gasteiger partial charge >= 0.3 is 0 Å². The molecule has 4 rings (SSSR count). The maximum Gasteiger partial charge on any atom is 0.277 e. The summed E-state index contributed by atoms with van der Waals surface area (Å²) in [4.78, 5) is 26.2. The predicted molar refractivity (Wildman–Crippen MR) is 112 cm³/mol. The second kappa shape index (κ2) is 7.24. The number of ether oxygens (including phenoxy) is 1. The third kappa shape index (κ3) is 3.04. The van der Waals surface area contributed by atoms with Gasteiger partial charge in [0.2, 0.25) is 0 Å². The second-order valence-corrected chi connectivity index (χ2v) is 6.64. The zero-order valence-corrected chi connectivity index (χ0v) is 16.0. The quantitative estimate of drug-likeness (QED) is 0.375. The fraction of sp³-hybridized carbons (Fsp3) is 0.0870. The van der Waals surface area contributed by atoms with Crippen LogP contribution in [0.2, 0.25) is 0 Å². The summed E-state index contributed by atoms with van der Waals surface area (Å²) in [6, 6.07) is 21.2. The standard InChI is InChI=1S/C23H18N2O4/c1-24-19-13-12-16(29-2)14-18(19)22(23(24)26)21(15-8-4-3-5-9-15)17-10-6-7-11-20(17)25(27)28/h3-14H,1-2H3/b22-21+. The van der Waals surface area contributed by atoms with Crippen LogP contribution in [0.3, 0.4) is 0 Å². The Balaban J connectivity index is 2.12. The van der Waals surface area contributed by atoms with E-state index in [9.17, 15) is 14.9 Å². The maximum absolute atomic E-state index is 13.3. The first kappa shape index (κ1) is 18.4. The number of hydrogen-bond donors (Lipinski definition) is 0. The van der Waals surface area contributed by atoms with Crippen LogP contribution >= 0.6 is 0 Å². The molecule has 0 unspecified atom stereocenters. The largest absolute Gasteiger partial charge is 0.497 e. The highest BCUT2D eigenvalue weighted by atomic mass is 16.6. The van der Waals surface area contributed by atoms with E-state index in [4.69, 9.17) is 4.74 Å². The molecule has 6 heteroatoms. The zero-order valence-electron chi connectivity index (χ0n) is 16.0. The third-order valence-electron chi connectivity index (χ3n) is 5.04. The van der Waals surface area contributed by atoms with Gasteiger partial charge in [0.1, 0.15) is 5.75 Å². The second-order valence-electron chi connectivity index (χ2n) is 6.64. The lowest BCUT2D eigenvalue weighted by Crippen LogP contribution is -2.21. The van der Waals surface area contributed by atoms with Gasteiger partial charge in [0.25, 0.3) is 11.6 Å². The Bertz CT molecular complexity index is 1150. The summed E-state index contributed by atoms with van der Waals surface area (Å²) in [6.45, 7) is 0. The third-order valence-corrected chi connectivity index (χ3v) is 5.04. The van der Waals surface area contributed by atoms with Gasteiger partial charge in [-0.1, -0.05) is 42.5 Å². The SMILES string of the molecule is COc1ccc2c(c1)/C(=C(/c1ccccc1)c1ccccc1[N+](=O)[O-])C(=O)N2C. The van der Waals surface area contributed by atoms with Gasteiger partial charge in [-0.3, -0.25) is 14.9 Å². The lowest BCUT2D eigenvalue weighted by Gasteiger charge is -2.13. The van der Waals surface area contributed by atoms with E-state index in [0.717, 1.165) is 11.3 Å². The number of carbonyl (C=O) groups excluding carboxylic acids is 1. The average molecular weight is 386 g/mol. The number of hydrogen-bond acceptors (Lipinski definition) is 4. The Labute approximate surface area is 167 Å². The van der Waals surface area contributed by atoms with Gasteiger partial charge in [-0.15, -0.1) is 0 Å². The first-order valence-corrected chi connectivity index (χ1v) is 9.03. The number of nitro benzene ring substituents is 1. The highest BCUT2D eigenvalue weighted by Crippen LogP contribution is 2.45. The molecule has 0 aromatic heterocycles. The van der Waals surface area contributed by atoms with Crippen molar-refractivity contribution in [1.82, 2.24) is 0 Å². The van der Waals surface area contributed by atoms with Crippen LogP contribution in [-0.2, 0) is 4.79 Å². The van der Waals surface area contributed by atoms with Gasteiger partial charge in [0.15, 0.2) is 0 Å². The van der Waals surface area contributed by atoms with Crippen LogP contribution in [-0.4, -0.2) is 25.0 Å². The first-order chi connectivity index (χ1) is 14.0. The number of fused-ring (bicyclic) bond motifs is 1. The Morgan fingerprint density at radius 1 is 1.00 bits per heavy atom. The Morgan fingerprint density at radius 2 is 1.69 bits per heavy atom. The minimum Gasteiger partial charge on any atom is -0.497 e. The van der Waals surface area contributed by atoms with Crippen molar-refractivity contribution in [3.8, 4) is 5.75 Å². The molecule has 0 fully saturated rings. The van der Waals surface area contributed by atoms with Crippen LogP contribution in [0, 0.1) is 10.1 Å². The number of nitrogens with zero attached hydrogens (tertiary/aromatic N) is 2. The van der Waals surface area contributed by atoms with Gasteiger partial charge < -0.3 is 9.64 Å². The molecule has 0 saturated carbocycles. The molecule has 1 aliphatic heterocycles. The summed E-state index contributed by atoms with van der Waals surface area (Å²) in [7, 11) is 3.26. The Hall–Kier alpha value is -3.93. The molecule has 0 saturated heterocycles. The van der Waals surface area contributed by atoms with Crippen molar-refractivity contribution in [2.75, 3.05) is 19.1 Å². The minimum atomic E-state index is -0.422. The van der Waals surface area contributed by atoms with Gasteiger partial charge in [-0.2, -0.15) is 0 Å². The van der Waals surface area contributed by atoms with E-state index in [2.05, 4.69) is 0 Å². The van der Waals surface area contributed by atoms with Gasteiger partial charge in [0, 0.05) is 24.3 Å². The van der Waals surface area contributed by atoms with Crippen molar-refractivity contribution >= 4 is 28.4 Å². The number of nitro groups is 1. The molecule has 0 radical (unpaired) electrons. The molecular weight excluding hydrogens is 368 g/mol. The van der Waals surface area contributed by atoms with Crippen molar-refractivity contribution in [3.63, 3.8) is 0 Å². The van der Waals surface area contributed by atoms with E-state index >= 15 is 0 Å². The number of likely N-dealkylation sites (N-methyl/N-ethyl adjacent to an activating group) is 1. The summed E-state index contributed by atoms with van der Waals surface area (Å²) in [5.41, 5.74) is 3.45. The lowest BCUT2D eigenvalue weighted by molar-refractivity contribution is -0.385. The molecule has 29 heavy (non-hydrogen) atoms. The number of benzene rings is 3. The van der Waals surface area contributed by atoms with E-state index in [1.54, 1.807) is 49.4 Å². The lowest BCUT2D eigenvalue weighted by atomic mass is 9.89. The summed E-state index contributed by atoms with van der Waals surface area (Å²) < 4.78 is 5.35. The molecule has 3 aromatic rings. The minimum absolute atomic E-state index is 0.0503. The molecule has 6 nitrogen and oxygen atoms in total. The molecular formula is C23H18N2O4. The molecule has 144 valence electrons. The molecule has 0 N–H and O–H groups in total. The summed E-state index contributed by atoms with van der Waals surface area (Å²) in [5, 5.41) is 11.7. The molecule has 1 amide bonds. The smallest absolute Gasteiger partial charge is 0.277 e. The van der Waals surface area contributed by atoms with Gasteiger partial charge in [-0.25, -0.2) is 0 Å². The van der Waals surface area contributed by atoms with Gasteiger partial charge in [-0.05, 0) is 29.8 Å². The number of methoxy groups -OCH3 is 1. The normalized spacial score (nSPS) is 14.6. The number of amides is 1.